The minimum absolute atomic E-state index is 0.0407. The van der Waals surface area contributed by atoms with Crippen molar-refractivity contribution in [3.05, 3.63) is 84.4 Å². The Kier molecular flexibility index (Phi) is 8.33. The van der Waals surface area contributed by atoms with Gasteiger partial charge in [0.2, 0.25) is 15.9 Å². The molecule has 1 aliphatic heterocycles. The van der Waals surface area contributed by atoms with Gasteiger partial charge in [-0.2, -0.15) is 4.31 Å². The van der Waals surface area contributed by atoms with Crippen molar-refractivity contribution >= 4 is 27.5 Å². The molecule has 39 heavy (non-hydrogen) atoms. The SMILES string of the molecule is O=C(NC1CCCCC1)[C@H](c1ccccc1)N(C(=O)c1cnccn1)c1ccc(S(=O)(=O)N2CCCC2)cc1. The van der Waals surface area contributed by atoms with E-state index in [0.717, 1.165) is 44.9 Å². The van der Waals surface area contributed by atoms with Crippen molar-refractivity contribution in [1.29, 1.82) is 0 Å². The summed E-state index contributed by atoms with van der Waals surface area (Å²) in [5, 5.41) is 3.18. The standard InChI is InChI=1S/C29H33N5O4S/c35-28(32-23-11-5-2-6-12-23)27(22-9-3-1-4-10-22)34(29(36)26-21-30-17-18-31-26)24-13-15-25(16-14-24)39(37,38)33-19-7-8-20-33/h1,3-4,9-10,13-18,21,23,27H,2,5-8,11-12,19-20H2,(H,32,35)/t27-/m0/s1. The van der Waals surface area contributed by atoms with Crippen molar-refractivity contribution < 1.29 is 18.0 Å². The van der Waals surface area contributed by atoms with Gasteiger partial charge in [-0.05, 0) is 55.5 Å². The average Bonchev–Trinajstić information content (AvgIpc) is 3.53. The molecule has 2 amide bonds. The van der Waals surface area contributed by atoms with Crippen LogP contribution in [0.15, 0.2) is 78.1 Å². The zero-order valence-corrected chi connectivity index (χ0v) is 22.6. The molecule has 2 heterocycles. The molecule has 0 bridgehead atoms. The molecule has 1 N–H and O–H groups in total. The van der Waals surface area contributed by atoms with E-state index in [1.165, 1.54) is 39.9 Å². The van der Waals surface area contributed by atoms with Crippen molar-refractivity contribution in [2.75, 3.05) is 18.0 Å². The number of rotatable bonds is 8. The fourth-order valence-electron chi connectivity index (χ4n) is 5.35. The first kappa shape index (κ1) is 27.0. The molecule has 10 heteroatoms. The van der Waals surface area contributed by atoms with Crippen LogP contribution in [-0.2, 0) is 14.8 Å². The second-order valence-corrected chi connectivity index (χ2v) is 12.0. The van der Waals surface area contributed by atoms with Gasteiger partial charge in [-0.1, -0.05) is 49.6 Å². The van der Waals surface area contributed by atoms with Gasteiger partial charge >= 0.3 is 0 Å². The van der Waals surface area contributed by atoms with Crippen LogP contribution in [-0.4, -0.2) is 53.6 Å². The summed E-state index contributed by atoms with van der Waals surface area (Å²) in [4.78, 5) is 37.7. The number of carbonyl (C=O) groups excluding carboxylic acids is 2. The third-order valence-corrected chi connectivity index (χ3v) is 9.31. The number of nitrogens with zero attached hydrogens (tertiary/aromatic N) is 4. The number of hydrogen-bond donors (Lipinski definition) is 1. The van der Waals surface area contributed by atoms with Gasteiger partial charge in [0.25, 0.3) is 5.91 Å². The molecule has 2 aromatic carbocycles. The molecule has 0 unspecified atom stereocenters. The van der Waals surface area contributed by atoms with Crippen LogP contribution in [0.1, 0.15) is 67.0 Å². The number of hydrogen-bond acceptors (Lipinski definition) is 6. The number of nitrogens with one attached hydrogen (secondary N) is 1. The van der Waals surface area contributed by atoms with Crippen LogP contribution in [0.3, 0.4) is 0 Å². The fourth-order valence-corrected chi connectivity index (χ4v) is 6.87. The summed E-state index contributed by atoms with van der Waals surface area (Å²) in [6.07, 6.45) is 11.0. The highest BCUT2D eigenvalue weighted by atomic mass is 32.2. The molecular formula is C29H33N5O4S. The van der Waals surface area contributed by atoms with Crippen molar-refractivity contribution in [3.63, 3.8) is 0 Å². The Hall–Kier alpha value is -3.63. The maximum atomic E-state index is 14.0. The van der Waals surface area contributed by atoms with Crippen molar-refractivity contribution in [3.8, 4) is 0 Å². The Labute approximate surface area is 229 Å². The van der Waals surface area contributed by atoms with Gasteiger partial charge in [0.15, 0.2) is 0 Å². The smallest absolute Gasteiger partial charge is 0.279 e. The lowest BCUT2D eigenvalue weighted by molar-refractivity contribution is -0.123. The van der Waals surface area contributed by atoms with Crippen LogP contribution >= 0.6 is 0 Å². The van der Waals surface area contributed by atoms with E-state index in [2.05, 4.69) is 15.3 Å². The zero-order chi connectivity index (χ0) is 27.2. The molecule has 9 nitrogen and oxygen atoms in total. The normalized spacial score (nSPS) is 17.4. The van der Waals surface area contributed by atoms with Crippen LogP contribution in [0.25, 0.3) is 0 Å². The van der Waals surface area contributed by atoms with E-state index in [4.69, 9.17) is 0 Å². The Balaban J connectivity index is 1.55. The predicted octanol–water partition coefficient (Wildman–Crippen LogP) is 4.10. The maximum absolute atomic E-state index is 14.0. The van der Waals surface area contributed by atoms with E-state index in [9.17, 15) is 18.0 Å². The first-order chi connectivity index (χ1) is 18.9. The molecule has 2 aliphatic rings. The lowest BCUT2D eigenvalue weighted by atomic mass is 9.94. The molecule has 1 saturated carbocycles. The molecule has 2 fully saturated rings. The Morgan fingerprint density at radius 3 is 2.23 bits per heavy atom. The van der Waals surface area contributed by atoms with E-state index in [1.807, 2.05) is 30.3 Å². The van der Waals surface area contributed by atoms with Gasteiger partial charge in [0, 0.05) is 37.2 Å². The number of aromatic nitrogens is 2. The molecule has 1 aromatic heterocycles. The average molecular weight is 548 g/mol. The van der Waals surface area contributed by atoms with Crippen LogP contribution in [0.4, 0.5) is 5.69 Å². The molecule has 0 spiro atoms. The molecule has 0 radical (unpaired) electrons. The highest BCUT2D eigenvalue weighted by Crippen LogP contribution is 2.32. The summed E-state index contributed by atoms with van der Waals surface area (Å²) in [6.45, 7) is 0.998. The van der Waals surface area contributed by atoms with Gasteiger partial charge in [-0.15, -0.1) is 0 Å². The highest BCUT2D eigenvalue weighted by molar-refractivity contribution is 7.89. The minimum Gasteiger partial charge on any atom is -0.351 e. The number of carbonyl (C=O) groups is 2. The van der Waals surface area contributed by atoms with Gasteiger partial charge in [-0.25, -0.2) is 13.4 Å². The Morgan fingerprint density at radius 2 is 1.59 bits per heavy atom. The third kappa shape index (κ3) is 6.02. The summed E-state index contributed by atoms with van der Waals surface area (Å²) in [5.41, 5.74) is 1.10. The molecule has 1 atom stereocenters. The molecule has 3 aromatic rings. The first-order valence-corrected chi connectivity index (χ1v) is 14.9. The molecule has 1 saturated heterocycles. The molecule has 204 valence electrons. The number of sulfonamides is 1. The predicted molar refractivity (Wildman–Crippen MR) is 147 cm³/mol. The van der Waals surface area contributed by atoms with Crippen molar-refractivity contribution in [2.24, 2.45) is 0 Å². The number of benzene rings is 2. The Bertz CT molecular complexity index is 1370. The molecule has 1 aliphatic carbocycles. The van der Waals surface area contributed by atoms with E-state index in [1.54, 1.807) is 12.1 Å². The second-order valence-electron chi connectivity index (χ2n) is 10.0. The quantitative estimate of drug-likeness (QED) is 0.454. The van der Waals surface area contributed by atoms with Crippen LogP contribution in [0.2, 0.25) is 0 Å². The monoisotopic (exact) mass is 547 g/mol. The summed E-state index contributed by atoms with van der Waals surface area (Å²) < 4.78 is 27.7. The van der Waals surface area contributed by atoms with Gasteiger partial charge in [0.1, 0.15) is 11.7 Å². The van der Waals surface area contributed by atoms with E-state index in [-0.39, 0.29) is 22.5 Å². The van der Waals surface area contributed by atoms with E-state index in [0.29, 0.717) is 24.3 Å². The van der Waals surface area contributed by atoms with E-state index < -0.39 is 22.0 Å². The Morgan fingerprint density at radius 1 is 0.897 bits per heavy atom. The topological polar surface area (TPSA) is 113 Å². The van der Waals surface area contributed by atoms with Gasteiger partial charge < -0.3 is 5.32 Å². The van der Waals surface area contributed by atoms with E-state index >= 15 is 0 Å². The highest BCUT2D eigenvalue weighted by Gasteiger charge is 2.36. The first-order valence-electron chi connectivity index (χ1n) is 13.5. The second kappa shape index (κ2) is 12.0. The van der Waals surface area contributed by atoms with Crippen molar-refractivity contribution in [1.82, 2.24) is 19.6 Å². The number of amides is 2. The lowest BCUT2D eigenvalue weighted by Crippen LogP contribution is -2.47. The van der Waals surface area contributed by atoms with Crippen LogP contribution in [0.5, 0.6) is 0 Å². The molecular weight excluding hydrogens is 514 g/mol. The summed E-state index contributed by atoms with van der Waals surface area (Å²) in [6, 6.07) is 14.3. The van der Waals surface area contributed by atoms with Gasteiger partial charge in [0.05, 0.1) is 11.1 Å². The lowest BCUT2D eigenvalue weighted by Gasteiger charge is -2.33. The minimum atomic E-state index is -3.63. The fraction of sp³-hybridized carbons (Fsp3) is 0.379. The largest absolute Gasteiger partial charge is 0.351 e. The van der Waals surface area contributed by atoms with Gasteiger partial charge in [-0.3, -0.25) is 19.5 Å². The summed E-state index contributed by atoms with van der Waals surface area (Å²) in [5.74, 6) is -0.801. The van der Waals surface area contributed by atoms with Crippen LogP contribution in [0, 0.1) is 0 Å². The molecule has 5 rings (SSSR count). The van der Waals surface area contributed by atoms with Crippen molar-refractivity contribution in [2.45, 2.75) is 61.9 Å². The number of anilines is 1. The third-order valence-electron chi connectivity index (χ3n) is 7.39. The summed E-state index contributed by atoms with van der Waals surface area (Å²) in [7, 11) is -3.63. The zero-order valence-electron chi connectivity index (χ0n) is 21.8. The van der Waals surface area contributed by atoms with Crippen LogP contribution < -0.4 is 10.2 Å². The maximum Gasteiger partial charge on any atom is 0.279 e. The summed E-state index contributed by atoms with van der Waals surface area (Å²) >= 11 is 0.